The lowest BCUT2D eigenvalue weighted by molar-refractivity contribution is 0.142. The molecule has 3 heteroatoms. The Labute approximate surface area is 105 Å². The van der Waals surface area contributed by atoms with Gasteiger partial charge >= 0.3 is 0 Å². The lowest BCUT2D eigenvalue weighted by Gasteiger charge is -2.31. The summed E-state index contributed by atoms with van der Waals surface area (Å²) < 4.78 is 5.49. The van der Waals surface area contributed by atoms with E-state index in [0.29, 0.717) is 5.92 Å². The SMILES string of the molecule is NC1COCC1CN1CCCC1C1CCCC1. The van der Waals surface area contributed by atoms with Gasteiger partial charge in [-0.3, -0.25) is 4.90 Å². The number of nitrogens with zero attached hydrogens (tertiary/aromatic N) is 1. The molecule has 3 atom stereocenters. The normalized spacial score (nSPS) is 40.4. The van der Waals surface area contributed by atoms with E-state index in [9.17, 15) is 0 Å². The van der Waals surface area contributed by atoms with Gasteiger partial charge in [-0.1, -0.05) is 12.8 Å². The molecule has 3 fully saturated rings. The van der Waals surface area contributed by atoms with Gasteiger partial charge in [-0.15, -0.1) is 0 Å². The van der Waals surface area contributed by atoms with E-state index >= 15 is 0 Å². The largest absolute Gasteiger partial charge is 0.379 e. The van der Waals surface area contributed by atoms with E-state index in [1.54, 1.807) is 0 Å². The molecular formula is C14H26N2O. The Hall–Kier alpha value is -0.120. The van der Waals surface area contributed by atoms with Crippen molar-refractivity contribution >= 4 is 0 Å². The van der Waals surface area contributed by atoms with Crippen molar-refractivity contribution in [1.82, 2.24) is 4.90 Å². The fourth-order valence-corrected chi connectivity index (χ4v) is 4.06. The van der Waals surface area contributed by atoms with Gasteiger partial charge in [-0.2, -0.15) is 0 Å². The van der Waals surface area contributed by atoms with Crippen LogP contribution in [0, 0.1) is 11.8 Å². The molecule has 2 N–H and O–H groups in total. The monoisotopic (exact) mass is 238 g/mol. The van der Waals surface area contributed by atoms with E-state index in [-0.39, 0.29) is 6.04 Å². The summed E-state index contributed by atoms with van der Waals surface area (Å²) in [6.07, 6.45) is 8.67. The number of ether oxygens (including phenoxy) is 1. The second-order valence-corrected chi connectivity index (χ2v) is 6.21. The molecule has 0 amide bonds. The summed E-state index contributed by atoms with van der Waals surface area (Å²) in [5, 5.41) is 0. The first-order valence-corrected chi connectivity index (χ1v) is 7.42. The van der Waals surface area contributed by atoms with Crippen LogP contribution in [0.3, 0.4) is 0 Å². The molecule has 0 radical (unpaired) electrons. The van der Waals surface area contributed by atoms with Crippen LogP contribution in [0.15, 0.2) is 0 Å². The Morgan fingerprint density at radius 2 is 1.88 bits per heavy atom. The highest BCUT2D eigenvalue weighted by Crippen LogP contribution is 2.36. The zero-order chi connectivity index (χ0) is 11.7. The molecule has 1 aliphatic carbocycles. The molecule has 0 aromatic rings. The van der Waals surface area contributed by atoms with Crippen molar-refractivity contribution in [3.8, 4) is 0 Å². The number of rotatable bonds is 3. The molecule has 3 unspecified atom stereocenters. The van der Waals surface area contributed by atoms with Crippen molar-refractivity contribution < 1.29 is 4.74 Å². The Morgan fingerprint density at radius 1 is 1.06 bits per heavy atom. The molecule has 0 aromatic carbocycles. The molecule has 3 nitrogen and oxygen atoms in total. The molecule has 98 valence electrons. The van der Waals surface area contributed by atoms with Crippen LogP contribution in [0.5, 0.6) is 0 Å². The van der Waals surface area contributed by atoms with E-state index in [0.717, 1.165) is 25.2 Å². The van der Waals surface area contributed by atoms with Crippen molar-refractivity contribution in [2.24, 2.45) is 17.6 Å². The lowest BCUT2D eigenvalue weighted by Crippen LogP contribution is -2.42. The van der Waals surface area contributed by atoms with Crippen LogP contribution in [0.1, 0.15) is 38.5 Å². The first-order valence-electron chi connectivity index (χ1n) is 7.42. The van der Waals surface area contributed by atoms with Crippen molar-refractivity contribution in [3.05, 3.63) is 0 Å². The molecule has 0 spiro atoms. The summed E-state index contributed by atoms with van der Waals surface area (Å²) >= 11 is 0. The molecule has 3 aliphatic rings. The minimum absolute atomic E-state index is 0.278. The Balaban J connectivity index is 1.57. The maximum Gasteiger partial charge on any atom is 0.0621 e. The molecule has 1 saturated carbocycles. The quantitative estimate of drug-likeness (QED) is 0.812. The van der Waals surface area contributed by atoms with E-state index in [2.05, 4.69) is 4.90 Å². The average molecular weight is 238 g/mol. The van der Waals surface area contributed by atoms with Crippen molar-refractivity contribution in [1.29, 1.82) is 0 Å². The first kappa shape index (κ1) is 11.9. The lowest BCUT2D eigenvalue weighted by atomic mass is 9.95. The van der Waals surface area contributed by atoms with E-state index in [4.69, 9.17) is 10.5 Å². The Morgan fingerprint density at radius 3 is 2.59 bits per heavy atom. The third-order valence-electron chi connectivity index (χ3n) is 5.07. The van der Waals surface area contributed by atoms with Crippen LogP contribution in [-0.4, -0.2) is 43.3 Å². The van der Waals surface area contributed by atoms with Crippen LogP contribution in [-0.2, 0) is 4.74 Å². The van der Waals surface area contributed by atoms with Gasteiger partial charge in [0.25, 0.3) is 0 Å². The van der Waals surface area contributed by atoms with Gasteiger partial charge in [0, 0.05) is 24.5 Å². The van der Waals surface area contributed by atoms with E-state index in [1.165, 1.54) is 51.6 Å². The summed E-state index contributed by atoms with van der Waals surface area (Å²) in [6.45, 7) is 4.13. The summed E-state index contributed by atoms with van der Waals surface area (Å²) in [5.74, 6) is 1.56. The standard InChI is InChI=1S/C14H26N2O/c15-13-10-17-9-12(13)8-16-7-3-6-14(16)11-4-1-2-5-11/h11-14H,1-10,15H2. The zero-order valence-corrected chi connectivity index (χ0v) is 10.8. The molecule has 2 heterocycles. The van der Waals surface area contributed by atoms with Gasteiger partial charge in [0.05, 0.1) is 13.2 Å². The number of likely N-dealkylation sites (tertiary alicyclic amines) is 1. The van der Waals surface area contributed by atoms with Crippen molar-refractivity contribution in [3.63, 3.8) is 0 Å². The van der Waals surface area contributed by atoms with E-state index in [1.807, 2.05) is 0 Å². The Kier molecular flexibility index (Phi) is 3.69. The van der Waals surface area contributed by atoms with Gasteiger partial charge in [-0.05, 0) is 38.1 Å². The van der Waals surface area contributed by atoms with Crippen molar-refractivity contribution in [2.75, 3.05) is 26.3 Å². The fourth-order valence-electron chi connectivity index (χ4n) is 4.06. The van der Waals surface area contributed by atoms with Crippen LogP contribution >= 0.6 is 0 Å². The molecule has 2 saturated heterocycles. The maximum atomic E-state index is 6.10. The third-order valence-corrected chi connectivity index (χ3v) is 5.07. The van der Waals surface area contributed by atoms with Gasteiger partial charge < -0.3 is 10.5 Å². The molecule has 3 rings (SSSR count). The number of hydrogen-bond donors (Lipinski definition) is 1. The molecule has 0 aromatic heterocycles. The van der Waals surface area contributed by atoms with Gasteiger partial charge in [0.2, 0.25) is 0 Å². The summed E-state index contributed by atoms with van der Waals surface area (Å²) in [4.78, 5) is 2.73. The third kappa shape index (κ3) is 2.51. The molecule has 0 bridgehead atoms. The number of hydrogen-bond acceptors (Lipinski definition) is 3. The van der Waals surface area contributed by atoms with Crippen molar-refractivity contribution in [2.45, 2.75) is 50.6 Å². The Bertz CT molecular complexity index is 253. The minimum atomic E-state index is 0.278. The topological polar surface area (TPSA) is 38.5 Å². The van der Waals surface area contributed by atoms with Crippen LogP contribution in [0.25, 0.3) is 0 Å². The van der Waals surface area contributed by atoms with E-state index < -0.39 is 0 Å². The average Bonchev–Trinajstić information content (AvgIpc) is 3.02. The smallest absolute Gasteiger partial charge is 0.0621 e. The zero-order valence-electron chi connectivity index (χ0n) is 10.8. The van der Waals surface area contributed by atoms with Gasteiger partial charge in [-0.25, -0.2) is 0 Å². The summed E-state index contributed by atoms with van der Waals surface area (Å²) in [6, 6.07) is 1.14. The van der Waals surface area contributed by atoms with Gasteiger partial charge in [0.1, 0.15) is 0 Å². The highest BCUT2D eigenvalue weighted by molar-refractivity contribution is 4.90. The van der Waals surface area contributed by atoms with Crippen LogP contribution in [0.2, 0.25) is 0 Å². The van der Waals surface area contributed by atoms with Crippen LogP contribution in [0.4, 0.5) is 0 Å². The maximum absolute atomic E-state index is 6.10. The highest BCUT2D eigenvalue weighted by atomic mass is 16.5. The molecule has 2 aliphatic heterocycles. The number of nitrogens with two attached hydrogens (primary N) is 1. The second kappa shape index (κ2) is 5.25. The molecule has 17 heavy (non-hydrogen) atoms. The second-order valence-electron chi connectivity index (χ2n) is 6.21. The van der Waals surface area contributed by atoms with Gasteiger partial charge in [0.15, 0.2) is 0 Å². The first-order chi connectivity index (χ1) is 8.34. The predicted octanol–water partition coefficient (Wildman–Crippen LogP) is 1.61. The molecular weight excluding hydrogens is 212 g/mol. The summed E-state index contributed by atoms with van der Waals surface area (Å²) in [5.41, 5.74) is 6.10. The summed E-state index contributed by atoms with van der Waals surface area (Å²) in [7, 11) is 0. The van der Waals surface area contributed by atoms with Crippen LogP contribution < -0.4 is 5.73 Å². The highest BCUT2D eigenvalue weighted by Gasteiger charge is 2.36. The minimum Gasteiger partial charge on any atom is -0.379 e. The fraction of sp³-hybridized carbons (Fsp3) is 1.00. The predicted molar refractivity (Wildman–Crippen MR) is 68.8 cm³/mol.